The number of ether oxygens (including phenoxy) is 2. The molecule has 0 spiro atoms. The van der Waals surface area contributed by atoms with Crippen molar-refractivity contribution in [2.45, 2.75) is 116 Å². The van der Waals surface area contributed by atoms with Crippen LogP contribution in [-0.4, -0.2) is 42.8 Å². The second-order valence-corrected chi connectivity index (χ2v) is 10.3. The Bertz CT molecular complexity index is 589. The van der Waals surface area contributed by atoms with E-state index < -0.39 is 29.7 Å². The van der Waals surface area contributed by atoms with Crippen LogP contribution in [0, 0.1) is 11.8 Å². The van der Waals surface area contributed by atoms with Gasteiger partial charge in [-0.05, 0) is 45.4 Å². The van der Waals surface area contributed by atoms with E-state index in [1.165, 1.54) is 20.0 Å². The molecule has 0 saturated heterocycles. The summed E-state index contributed by atoms with van der Waals surface area (Å²) in [6.45, 7) is 5.38. The van der Waals surface area contributed by atoms with Gasteiger partial charge in [0.15, 0.2) is 0 Å². The maximum absolute atomic E-state index is 13.2. The molecule has 178 valence electrons. The van der Waals surface area contributed by atoms with Gasteiger partial charge in [-0.15, -0.1) is 0 Å². The highest BCUT2D eigenvalue weighted by molar-refractivity contribution is 5.89. The van der Waals surface area contributed by atoms with Crippen molar-refractivity contribution in [1.82, 2.24) is 10.6 Å². The van der Waals surface area contributed by atoms with Crippen molar-refractivity contribution < 1.29 is 23.9 Å². The molecule has 2 fully saturated rings. The summed E-state index contributed by atoms with van der Waals surface area (Å²) in [5.41, 5.74) is -0.647. The van der Waals surface area contributed by atoms with Crippen LogP contribution in [0.3, 0.4) is 0 Å². The Morgan fingerprint density at radius 3 is 1.74 bits per heavy atom. The summed E-state index contributed by atoms with van der Waals surface area (Å²) in [5.74, 6) is 0.0402. The molecule has 0 bridgehead atoms. The number of carbonyl (C=O) groups is 3. The van der Waals surface area contributed by atoms with Crippen LogP contribution in [0.2, 0.25) is 0 Å². The molecule has 0 unspecified atom stereocenters. The van der Waals surface area contributed by atoms with Crippen molar-refractivity contribution in [3.63, 3.8) is 0 Å². The van der Waals surface area contributed by atoms with Crippen LogP contribution in [-0.2, 0) is 19.1 Å². The number of amides is 2. The molecule has 2 N–H and O–H groups in total. The van der Waals surface area contributed by atoms with Gasteiger partial charge in [-0.25, -0.2) is 9.59 Å². The minimum Gasteiger partial charge on any atom is -0.467 e. The van der Waals surface area contributed by atoms with Crippen LogP contribution in [0.5, 0.6) is 0 Å². The van der Waals surface area contributed by atoms with Crippen LogP contribution in [0.4, 0.5) is 4.79 Å². The lowest BCUT2D eigenvalue weighted by Crippen LogP contribution is -2.53. The maximum Gasteiger partial charge on any atom is 0.408 e. The first-order valence-corrected chi connectivity index (χ1v) is 12.1. The highest BCUT2D eigenvalue weighted by Crippen LogP contribution is 2.29. The van der Waals surface area contributed by atoms with E-state index in [-0.39, 0.29) is 5.91 Å². The SMILES string of the molecule is COC(=O)[C@H](CC1CCCCC1)NC(=O)[C@H](CC1CCCCC1)NC(=O)OC(C)(C)C. The van der Waals surface area contributed by atoms with E-state index in [0.717, 1.165) is 51.4 Å². The molecule has 0 aromatic heterocycles. The molecule has 31 heavy (non-hydrogen) atoms. The largest absolute Gasteiger partial charge is 0.467 e. The molecule has 0 aliphatic heterocycles. The van der Waals surface area contributed by atoms with Gasteiger partial charge in [0.05, 0.1) is 7.11 Å². The Hall–Kier alpha value is -1.79. The predicted octanol–water partition coefficient (Wildman–Crippen LogP) is 4.48. The Labute approximate surface area is 187 Å². The third-order valence-corrected chi connectivity index (χ3v) is 6.40. The maximum atomic E-state index is 13.2. The van der Waals surface area contributed by atoms with Crippen molar-refractivity contribution in [1.29, 1.82) is 0 Å². The number of hydrogen-bond acceptors (Lipinski definition) is 5. The summed E-state index contributed by atoms with van der Waals surface area (Å²) in [7, 11) is 1.35. The summed E-state index contributed by atoms with van der Waals surface area (Å²) in [6.07, 6.45) is 11.9. The zero-order valence-electron chi connectivity index (χ0n) is 19.8. The summed E-state index contributed by atoms with van der Waals surface area (Å²) in [6, 6.07) is -1.41. The molecule has 2 atom stereocenters. The molecule has 7 nitrogen and oxygen atoms in total. The Balaban J connectivity index is 2.05. The molecule has 2 aliphatic carbocycles. The average Bonchev–Trinajstić information content (AvgIpc) is 2.72. The van der Waals surface area contributed by atoms with E-state index >= 15 is 0 Å². The number of rotatable bonds is 8. The number of nitrogens with one attached hydrogen (secondary N) is 2. The summed E-state index contributed by atoms with van der Waals surface area (Å²) >= 11 is 0. The number of carbonyl (C=O) groups excluding carboxylic acids is 3. The third-order valence-electron chi connectivity index (χ3n) is 6.40. The van der Waals surface area contributed by atoms with Crippen molar-refractivity contribution in [2.24, 2.45) is 11.8 Å². The molecule has 2 amide bonds. The van der Waals surface area contributed by atoms with E-state index in [4.69, 9.17) is 9.47 Å². The van der Waals surface area contributed by atoms with Gasteiger partial charge in [0.1, 0.15) is 17.7 Å². The average molecular weight is 439 g/mol. The Kier molecular flexibility index (Phi) is 10.1. The Morgan fingerprint density at radius 2 is 1.29 bits per heavy atom. The molecule has 0 radical (unpaired) electrons. The smallest absolute Gasteiger partial charge is 0.408 e. The number of esters is 1. The van der Waals surface area contributed by atoms with E-state index in [1.807, 2.05) is 0 Å². The molecule has 7 heteroatoms. The second-order valence-electron chi connectivity index (χ2n) is 10.3. The van der Waals surface area contributed by atoms with Gasteiger partial charge in [-0.3, -0.25) is 4.79 Å². The van der Waals surface area contributed by atoms with Crippen LogP contribution in [0.15, 0.2) is 0 Å². The number of methoxy groups -OCH3 is 1. The molecule has 2 rings (SSSR count). The minimum absolute atomic E-state index is 0.331. The normalized spacial score (nSPS) is 20.4. The number of hydrogen-bond donors (Lipinski definition) is 2. The monoisotopic (exact) mass is 438 g/mol. The van der Waals surface area contributed by atoms with Gasteiger partial charge in [0.2, 0.25) is 5.91 Å². The number of alkyl carbamates (subject to hydrolysis) is 1. The van der Waals surface area contributed by atoms with E-state index in [9.17, 15) is 14.4 Å². The van der Waals surface area contributed by atoms with Gasteiger partial charge in [0, 0.05) is 0 Å². The predicted molar refractivity (Wildman–Crippen MR) is 119 cm³/mol. The molecule has 2 aliphatic rings. The minimum atomic E-state index is -0.725. The van der Waals surface area contributed by atoms with Crippen LogP contribution < -0.4 is 10.6 Å². The lowest BCUT2D eigenvalue weighted by atomic mass is 9.84. The van der Waals surface area contributed by atoms with E-state index in [0.29, 0.717) is 24.7 Å². The van der Waals surface area contributed by atoms with E-state index in [1.54, 1.807) is 20.8 Å². The van der Waals surface area contributed by atoms with Crippen LogP contribution >= 0.6 is 0 Å². The zero-order valence-corrected chi connectivity index (χ0v) is 19.8. The second kappa shape index (κ2) is 12.3. The summed E-state index contributed by atoms with van der Waals surface area (Å²) in [4.78, 5) is 38.0. The highest BCUT2D eigenvalue weighted by Gasteiger charge is 2.32. The molecular weight excluding hydrogens is 396 g/mol. The van der Waals surface area contributed by atoms with Crippen molar-refractivity contribution >= 4 is 18.0 Å². The first-order valence-electron chi connectivity index (χ1n) is 12.1. The topological polar surface area (TPSA) is 93.7 Å². The molecular formula is C24H42N2O5. The fraction of sp³-hybridized carbons (Fsp3) is 0.875. The Morgan fingerprint density at radius 1 is 0.806 bits per heavy atom. The third kappa shape index (κ3) is 9.48. The van der Waals surface area contributed by atoms with Crippen LogP contribution in [0.1, 0.15) is 97.8 Å². The van der Waals surface area contributed by atoms with Crippen molar-refractivity contribution in [2.75, 3.05) is 7.11 Å². The fourth-order valence-corrected chi connectivity index (χ4v) is 4.82. The highest BCUT2D eigenvalue weighted by atomic mass is 16.6. The molecule has 0 heterocycles. The van der Waals surface area contributed by atoms with Gasteiger partial charge in [-0.2, -0.15) is 0 Å². The van der Waals surface area contributed by atoms with Crippen LogP contribution in [0.25, 0.3) is 0 Å². The lowest BCUT2D eigenvalue weighted by molar-refractivity contribution is -0.146. The van der Waals surface area contributed by atoms with Crippen molar-refractivity contribution in [3.05, 3.63) is 0 Å². The quantitative estimate of drug-likeness (QED) is 0.545. The standard InChI is InChI=1S/C24H42N2O5/c1-24(2,3)31-23(29)26-19(15-17-11-7-5-8-12-17)21(27)25-20(22(28)30-4)16-18-13-9-6-10-14-18/h17-20H,5-16H2,1-4H3,(H,25,27)(H,26,29)/t19-,20-/m0/s1. The van der Waals surface area contributed by atoms with Gasteiger partial charge in [-0.1, -0.05) is 64.2 Å². The first kappa shape index (κ1) is 25.5. The lowest BCUT2D eigenvalue weighted by Gasteiger charge is -2.30. The van der Waals surface area contributed by atoms with Gasteiger partial charge < -0.3 is 20.1 Å². The van der Waals surface area contributed by atoms with Gasteiger partial charge in [0.25, 0.3) is 0 Å². The van der Waals surface area contributed by atoms with E-state index in [2.05, 4.69) is 10.6 Å². The fourth-order valence-electron chi connectivity index (χ4n) is 4.82. The zero-order chi connectivity index (χ0) is 22.9. The first-order chi connectivity index (χ1) is 14.7. The molecule has 0 aromatic carbocycles. The van der Waals surface area contributed by atoms with Gasteiger partial charge >= 0.3 is 12.1 Å². The van der Waals surface area contributed by atoms with Crippen molar-refractivity contribution in [3.8, 4) is 0 Å². The molecule has 0 aromatic rings. The molecule has 2 saturated carbocycles. The summed E-state index contributed by atoms with van der Waals surface area (Å²) in [5, 5.41) is 5.65. The summed E-state index contributed by atoms with van der Waals surface area (Å²) < 4.78 is 10.3.